The molecule has 0 unspecified atom stereocenters. The van der Waals surface area contributed by atoms with Crippen LogP contribution in [0.2, 0.25) is 0 Å². The molecule has 2 heterocycles. The van der Waals surface area contributed by atoms with Gasteiger partial charge in [0.2, 0.25) is 10.0 Å². The van der Waals surface area contributed by atoms with Crippen molar-refractivity contribution in [3.63, 3.8) is 0 Å². The molecule has 1 aliphatic rings. The number of halogens is 3. The summed E-state index contributed by atoms with van der Waals surface area (Å²) in [6.45, 7) is 0.595. The van der Waals surface area contributed by atoms with Gasteiger partial charge < -0.3 is 5.32 Å². The molecule has 12 heteroatoms. The van der Waals surface area contributed by atoms with E-state index in [0.29, 0.717) is 24.3 Å². The molecule has 0 radical (unpaired) electrons. The van der Waals surface area contributed by atoms with E-state index in [1.165, 1.54) is 15.9 Å². The van der Waals surface area contributed by atoms with Crippen LogP contribution in [0.3, 0.4) is 0 Å². The van der Waals surface area contributed by atoms with E-state index in [0.717, 1.165) is 17.4 Å². The Morgan fingerprint density at radius 1 is 1.32 bits per heavy atom. The number of hydrogen-bond donors (Lipinski definition) is 1. The summed E-state index contributed by atoms with van der Waals surface area (Å²) in [4.78, 5) is 12.0. The molecule has 3 rings (SSSR count). The van der Waals surface area contributed by atoms with Crippen LogP contribution >= 0.6 is 0 Å². The van der Waals surface area contributed by atoms with Crippen molar-refractivity contribution in [2.45, 2.75) is 26.1 Å². The fourth-order valence-electron chi connectivity index (χ4n) is 3.08. The van der Waals surface area contributed by atoms with Crippen LogP contribution in [0, 0.1) is 6.92 Å². The highest BCUT2D eigenvalue weighted by Gasteiger charge is 2.30. The number of carbonyl (C=O) groups excluding carboxylic acids is 1. The lowest BCUT2D eigenvalue weighted by molar-refractivity contribution is -0.123. The fraction of sp³-hybridized carbons (Fsp3) is 0.438. The smallest absolute Gasteiger partial charge is 0.341 e. The zero-order valence-corrected chi connectivity index (χ0v) is 15.9. The van der Waals surface area contributed by atoms with Gasteiger partial charge in [-0.15, -0.1) is 5.10 Å². The van der Waals surface area contributed by atoms with Crippen molar-refractivity contribution in [1.29, 1.82) is 0 Å². The van der Waals surface area contributed by atoms with Crippen molar-refractivity contribution in [3.05, 3.63) is 40.7 Å². The van der Waals surface area contributed by atoms with Crippen molar-refractivity contribution in [2.75, 3.05) is 19.3 Å². The van der Waals surface area contributed by atoms with E-state index >= 15 is 0 Å². The summed E-state index contributed by atoms with van der Waals surface area (Å²) in [5.74, 6) is -0.964. The van der Waals surface area contributed by atoms with Gasteiger partial charge in [-0.25, -0.2) is 13.1 Å². The number of benzene rings is 1. The number of aromatic nitrogens is 3. The molecule has 1 aliphatic heterocycles. The Morgan fingerprint density at radius 3 is 2.68 bits per heavy atom. The Bertz CT molecular complexity index is 1020. The van der Waals surface area contributed by atoms with Crippen LogP contribution in [0.1, 0.15) is 27.3 Å². The molecule has 0 spiro atoms. The maximum Gasteiger partial charge on any atom is 0.405 e. The van der Waals surface area contributed by atoms with E-state index in [9.17, 15) is 26.4 Å². The molecule has 8 nitrogen and oxygen atoms in total. The Labute approximate surface area is 159 Å². The third-order valence-electron chi connectivity index (χ3n) is 4.46. The normalized spacial score (nSPS) is 15.3. The molecule has 0 saturated heterocycles. The number of hydrogen-bond acceptors (Lipinski definition) is 5. The number of fused-ring (bicyclic) bond motifs is 1. The highest BCUT2D eigenvalue weighted by molar-refractivity contribution is 7.88. The summed E-state index contributed by atoms with van der Waals surface area (Å²) >= 11 is 0. The van der Waals surface area contributed by atoms with Gasteiger partial charge in [-0.05, 0) is 30.5 Å². The first kappa shape index (κ1) is 20.3. The minimum Gasteiger partial charge on any atom is -0.341 e. The first-order valence-electron chi connectivity index (χ1n) is 8.31. The van der Waals surface area contributed by atoms with E-state index in [-0.39, 0.29) is 12.2 Å². The van der Waals surface area contributed by atoms with Crippen LogP contribution < -0.4 is 5.32 Å². The summed E-state index contributed by atoms with van der Waals surface area (Å²) in [6.07, 6.45) is -2.94. The van der Waals surface area contributed by atoms with Gasteiger partial charge in [-0.1, -0.05) is 17.3 Å². The standard InChI is InChI=1S/C16H18F3N5O3S/c1-10-14(15(25)20-9-16(17,18)19)21-22-24(10)13-5-3-4-11-8-23(28(2,26)27)7-6-12(11)13/h3-5H,6-9H2,1-2H3,(H,20,25). The molecule has 1 aromatic carbocycles. The summed E-state index contributed by atoms with van der Waals surface area (Å²) in [7, 11) is -3.33. The monoisotopic (exact) mass is 417 g/mol. The average Bonchev–Trinajstić information content (AvgIpc) is 2.98. The Balaban J connectivity index is 1.90. The summed E-state index contributed by atoms with van der Waals surface area (Å²) in [5, 5.41) is 9.42. The SMILES string of the molecule is Cc1c(C(=O)NCC(F)(F)F)nnn1-c1cccc2c1CCN(S(C)(=O)=O)C2. The maximum atomic E-state index is 12.3. The highest BCUT2D eigenvalue weighted by Crippen LogP contribution is 2.27. The number of rotatable bonds is 4. The molecule has 0 aliphatic carbocycles. The zero-order chi connectivity index (χ0) is 20.7. The van der Waals surface area contributed by atoms with Crippen LogP contribution in [0.5, 0.6) is 0 Å². The molecule has 0 bridgehead atoms. The number of sulfonamides is 1. The first-order valence-corrected chi connectivity index (χ1v) is 10.2. The molecule has 0 fully saturated rings. The quantitative estimate of drug-likeness (QED) is 0.806. The Hall–Kier alpha value is -2.47. The average molecular weight is 417 g/mol. The van der Waals surface area contributed by atoms with Crippen LogP contribution in [0.15, 0.2) is 18.2 Å². The summed E-state index contributed by atoms with van der Waals surface area (Å²) in [6, 6.07) is 5.28. The van der Waals surface area contributed by atoms with Crippen molar-refractivity contribution in [3.8, 4) is 5.69 Å². The van der Waals surface area contributed by atoms with E-state index in [1.54, 1.807) is 23.5 Å². The molecule has 1 amide bonds. The van der Waals surface area contributed by atoms with Gasteiger partial charge in [-0.2, -0.15) is 17.5 Å². The van der Waals surface area contributed by atoms with Crippen molar-refractivity contribution < 1.29 is 26.4 Å². The van der Waals surface area contributed by atoms with Crippen LogP contribution in [0.4, 0.5) is 13.2 Å². The van der Waals surface area contributed by atoms with E-state index in [1.807, 2.05) is 0 Å². The third-order valence-corrected chi connectivity index (χ3v) is 5.71. The van der Waals surface area contributed by atoms with Crippen LogP contribution in [0.25, 0.3) is 5.69 Å². The van der Waals surface area contributed by atoms with Gasteiger partial charge in [-0.3, -0.25) is 4.79 Å². The minimum absolute atomic E-state index is 0.199. The number of nitrogens with zero attached hydrogens (tertiary/aromatic N) is 4. The third kappa shape index (κ3) is 4.17. The second-order valence-electron chi connectivity index (χ2n) is 6.49. The Kier molecular flexibility index (Phi) is 5.19. The van der Waals surface area contributed by atoms with E-state index in [2.05, 4.69) is 10.3 Å². The molecular formula is C16H18F3N5O3S. The second-order valence-corrected chi connectivity index (χ2v) is 8.48. The maximum absolute atomic E-state index is 12.3. The van der Waals surface area contributed by atoms with Crippen LogP contribution in [-0.4, -0.2) is 59.1 Å². The lowest BCUT2D eigenvalue weighted by Gasteiger charge is -2.28. The molecule has 0 atom stereocenters. The molecule has 1 aromatic heterocycles. The predicted molar refractivity (Wildman–Crippen MR) is 93.4 cm³/mol. The van der Waals surface area contributed by atoms with Gasteiger partial charge in [0, 0.05) is 13.1 Å². The molecular weight excluding hydrogens is 399 g/mol. The number of alkyl halides is 3. The predicted octanol–water partition coefficient (Wildman–Crippen LogP) is 1.19. The minimum atomic E-state index is -4.52. The molecule has 0 saturated carbocycles. The van der Waals surface area contributed by atoms with Gasteiger partial charge in [0.15, 0.2) is 5.69 Å². The van der Waals surface area contributed by atoms with Crippen molar-refractivity contribution in [2.24, 2.45) is 0 Å². The lowest BCUT2D eigenvalue weighted by atomic mass is 9.99. The number of amides is 1. The molecule has 152 valence electrons. The first-order chi connectivity index (χ1) is 13.0. The molecule has 2 aromatic rings. The zero-order valence-electron chi connectivity index (χ0n) is 15.1. The summed E-state index contributed by atoms with van der Waals surface area (Å²) < 4.78 is 63.2. The lowest BCUT2D eigenvalue weighted by Crippen LogP contribution is -2.35. The molecule has 1 N–H and O–H groups in total. The van der Waals surface area contributed by atoms with Gasteiger partial charge in [0.25, 0.3) is 5.91 Å². The number of nitrogens with one attached hydrogen (secondary N) is 1. The topological polar surface area (TPSA) is 97.2 Å². The largest absolute Gasteiger partial charge is 0.405 e. The fourth-order valence-corrected chi connectivity index (χ4v) is 3.87. The van der Waals surface area contributed by atoms with Crippen LogP contribution in [-0.2, 0) is 23.0 Å². The summed E-state index contributed by atoms with van der Waals surface area (Å²) in [5.41, 5.74) is 2.37. The number of carbonyl (C=O) groups is 1. The van der Waals surface area contributed by atoms with Crippen molar-refractivity contribution in [1.82, 2.24) is 24.6 Å². The van der Waals surface area contributed by atoms with Gasteiger partial charge in [0.1, 0.15) is 6.54 Å². The Morgan fingerprint density at radius 2 is 2.04 bits per heavy atom. The van der Waals surface area contributed by atoms with Crippen molar-refractivity contribution >= 4 is 15.9 Å². The van der Waals surface area contributed by atoms with E-state index < -0.39 is 28.7 Å². The van der Waals surface area contributed by atoms with E-state index in [4.69, 9.17) is 0 Å². The second kappa shape index (κ2) is 7.17. The molecule has 28 heavy (non-hydrogen) atoms. The van der Waals surface area contributed by atoms with Gasteiger partial charge >= 0.3 is 6.18 Å². The highest BCUT2D eigenvalue weighted by atomic mass is 32.2. The van der Waals surface area contributed by atoms with Gasteiger partial charge in [0.05, 0.1) is 17.6 Å².